The Morgan fingerprint density at radius 1 is 0.850 bits per heavy atom. The van der Waals surface area contributed by atoms with Crippen molar-refractivity contribution < 1.29 is 19.0 Å². The zero-order chi connectivity index (χ0) is 27.7. The molecule has 0 aromatic heterocycles. The smallest absolute Gasteiger partial charge is 0.241 e. The molecule has 0 N–H and O–H groups in total. The van der Waals surface area contributed by atoms with Gasteiger partial charge in [0.2, 0.25) is 5.91 Å². The summed E-state index contributed by atoms with van der Waals surface area (Å²) >= 11 is 0. The lowest BCUT2D eigenvalue weighted by atomic mass is 10.0. The highest BCUT2D eigenvalue weighted by Crippen LogP contribution is 2.29. The van der Waals surface area contributed by atoms with Gasteiger partial charge in [-0.05, 0) is 60.9 Å². The average molecular weight is 544 g/mol. The number of carbonyl (C=O) groups excluding carboxylic acids is 1. The molecule has 1 fully saturated rings. The molecule has 3 aromatic carbocycles. The number of anilines is 2. The van der Waals surface area contributed by atoms with E-state index < -0.39 is 0 Å². The molecule has 2 aliphatic heterocycles. The lowest BCUT2D eigenvalue weighted by molar-refractivity contribution is -0.120. The fraction of sp³-hybridized carbons (Fsp3) is 0.424. The maximum absolute atomic E-state index is 13.5. The van der Waals surface area contributed by atoms with E-state index in [4.69, 9.17) is 14.2 Å². The molecule has 0 aliphatic carbocycles. The normalized spacial score (nSPS) is 16.9. The van der Waals surface area contributed by atoms with Crippen molar-refractivity contribution in [3.8, 4) is 5.75 Å². The Morgan fingerprint density at radius 2 is 1.62 bits per heavy atom. The van der Waals surface area contributed by atoms with E-state index in [0.717, 1.165) is 49.7 Å². The number of fused-ring (bicyclic) bond motifs is 3. The Morgan fingerprint density at radius 3 is 2.45 bits per heavy atom. The highest BCUT2D eigenvalue weighted by molar-refractivity contribution is 5.94. The Balaban J connectivity index is 1.35. The van der Waals surface area contributed by atoms with Crippen LogP contribution in [0.1, 0.15) is 29.2 Å². The van der Waals surface area contributed by atoms with E-state index in [1.807, 2.05) is 24.0 Å². The summed E-state index contributed by atoms with van der Waals surface area (Å²) in [4.78, 5) is 19.9. The summed E-state index contributed by atoms with van der Waals surface area (Å²) in [6, 6.07) is 23.3. The van der Waals surface area contributed by atoms with Gasteiger partial charge >= 0.3 is 0 Å². The van der Waals surface area contributed by atoms with Crippen LogP contribution in [0.15, 0.2) is 66.7 Å². The summed E-state index contributed by atoms with van der Waals surface area (Å²) in [5, 5.41) is 0. The molecule has 0 radical (unpaired) electrons. The number of likely N-dealkylation sites (N-methyl/N-ethyl adjacent to an activating group) is 1. The third-order valence-corrected chi connectivity index (χ3v) is 7.54. The van der Waals surface area contributed by atoms with E-state index >= 15 is 0 Å². The van der Waals surface area contributed by atoms with Gasteiger partial charge < -0.3 is 24.0 Å². The van der Waals surface area contributed by atoms with Crippen molar-refractivity contribution in [3.63, 3.8) is 0 Å². The monoisotopic (exact) mass is 543 g/mol. The van der Waals surface area contributed by atoms with Crippen molar-refractivity contribution in [2.45, 2.75) is 26.8 Å². The van der Waals surface area contributed by atoms with Crippen molar-refractivity contribution in [1.82, 2.24) is 4.90 Å². The van der Waals surface area contributed by atoms with Gasteiger partial charge in [0.05, 0.1) is 33.0 Å². The molecule has 0 unspecified atom stereocenters. The predicted molar refractivity (Wildman–Crippen MR) is 160 cm³/mol. The van der Waals surface area contributed by atoms with Crippen LogP contribution in [0, 0.1) is 6.92 Å². The van der Waals surface area contributed by atoms with Crippen LogP contribution in [0.5, 0.6) is 5.75 Å². The van der Waals surface area contributed by atoms with Gasteiger partial charge in [-0.15, -0.1) is 0 Å². The van der Waals surface area contributed by atoms with Gasteiger partial charge in [0.15, 0.2) is 0 Å². The van der Waals surface area contributed by atoms with Crippen LogP contribution in [-0.2, 0) is 27.2 Å². The maximum atomic E-state index is 13.5. The number of hydrogen-bond donors (Lipinski definition) is 0. The molecule has 2 bridgehead atoms. The van der Waals surface area contributed by atoms with Crippen LogP contribution in [-0.4, -0.2) is 76.6 Å². The van der Waals surface area contributed by atoms with E-state index in [0.29, 0.717) is 46.0 Å². The molecule has 7 nitrogen and oxygen atoms in total. The van der Waals surface area contributed by atoms with Crippen LogP contribution >= 0.6 is 0 Å². The SMILES string of the molecule is CCN(C(=O)CN1CCOCCOc2ccc(N3CCOCC3)cc2Cc2cccc(c2)C1)c1cccc(C)c1. The van der Waals surface area contributed by atoms with E-state index in [1.54, 1.807) is 0 Å². The second-order valence-corrected chi connectivity index (χ2v) is 10.5. The van der Waals surface area contributed by atoms with E-state index in [9.17, 15) is 4.79 Å². The number of morpholine rings is 1. The number of aryl methyl sites for hydroxylation is 1. The molecular formula is C33H41N3O4. The Bertz CT molecular complexity index is 1270. The van der Waals surface area contributed by atoms with Crippen LogP contribution < -0.4 is 14.5 Å². The molecule has 0 saturated carbocycles. The first kappa shape index (κ1) is 28.1. The first-order valence-electron chi connectivity index (χ1n) is 14.4. The topological polar surface area (TPSA) is 54.5 Å². The minimum atomic E-state index is 0.0956. The molecule has 5 rings (SSSR count). The Labute approximate surface area is 238 Å². The summed E-state index contributed by atoms with van der Waals surface area (Å²) < 4.78 is 17.7. The van der Waals surface area contributed by atoms with Crippen LogP contribution in [0.2, 0.25) is 0 Å². The molecule has 1 saturated heterocycles. The zero-order valence-corrected chi connectivity index (χ0v) is 23.8. The molecule has 40 heavy (non-hydrogen) atoms. The van der Waals surface area contributed by atoms with Gasteiger partial charge in [-0.1, -0.05) is 36.4 Å². The van der Waals surface area contributed by atoms with Gasteiger partial charge in [-0.2, -0.15) is 0 Å². The van der Waals surface area contributed by atoms with Gasteiger partial charge in [0.25, 0.3) is 0 Å². The largest absolute Gasteiger partial charge is 0.491 e. The van der Waals surface area contributed by atoms with Gasteiger partial charge in [0, 0.05) is 56.1 Å². The number of nitrogens with zero attached hydrogens (tertiary/aromatic N) is 3. The lowest BCUT2D eigenvalue weighted by Gasteiger charge is -2.29. The molecule has 212 valence electrons. The molecule has 0 spiro atoms. The van der Waals surface area contributed by atoms with Crippen molar-refractivity contribution in [2.75, 3.05) is 75.6 Å². The zero-order valence-electron chi connectivity index (χ0n) is 23.8. The summed E-state index contributed by atoms with van der Waals surface area (Å²) in [7, 11) is 0. The lowest BCUT2D eigenvalue weighted by Crippen LogP contribution is -2.41. The van der Waals surface area contributed by atoms with Crippen molar-refractivity contribution in [1.29, 1.82) is 0 Å². The fourth-order valence-corrected chi connectivity index (χ4v) is 5.47. The van der Waals surface area contributed by atoms with E-state index in [2.05, 4.69) is 71.3 Å². The number of ether oxygens (including phenoxy) is 3. The third kappa shape index (κ3) is 7.42. The minimum Gasteiger partial charge on any atom is -0.491 e. The first-order valence-corrected chi connectivity index (χ1v) is 14.4. The fourth-order valence-electron chi connectivity index (χ4n) is 5.47. The number of hydrogen-bond acceptors (Lipinski definition) is 6. The van der Waals surface area contributed by atoms with Crippen molar-refractivity contribution in [2.24, 2.45) is 0 Å². The van der Waals surface area contributed by atoms with Gasteiger partial charge in [-0.3, -0.25) is 9.69 Å². The number of carbonyl (C=O) groups is 1. The summed E-state index contributed by atoms with van der Waals surface area (Å²) in [5.74, 6) is 1.00. The van der Waals surface area contributed by atoms with Gasteiger partial charge in [0.1, 0.15) is 12.4 Å². The number of benzene rings is 3. The van der Waals surface area contributed by atoms with Crippen LogP contribution in [0.25, 0.3) is 0 Å². The molecular weight excluding hydrogens is 502 g/mol. The summed E-state index contributed by atoms with van der Waals surface area (Å²) in [5.41, 5.74) is 6.89. The Kier molecular flexibility index (Phi) is 9.71. The highest BCUT2D eigenvalue weighted by Gasteiger charge is 2.19. The number of rotatable bonds is 5. The first-order chi connectivity index (χ1) is 19.6. The Hall–Kier alpha value is -3.39. The summed E-state index contributed by atoms with van der Waals surface area (Å²) in [6.45, 7) is 11.2. The van der Waals surface area contributed by atoms with Crippen LogP contribution in [0.3, 0.4) is 0 Å². The standard InChI is InChI=1S/C33H41N3O4/c1-3-36(31-9-4-6-26(2)20-31)33(37)25-34-12-15-39-18-19-40-32-11-10-30(35-13-16-38-17-14-35)23-29(32)22-27-7-5-8-28(21-27)24-34/h4-11,20-21,23H,3,12-19,22,24-25H2,1-2H3. The quantitative estimate of drug-likeness (QED) is 0.466. The summed E-state index contributed by atoms with van der Waals surface area (Å²) in [6.07, 6.45) is 0.776. The molecule has 3 aromatic rings. The second kappa shape index (κ2) is 13.8. The minimum absolute atomic E-state index is 0.0956. The molecule has 1 amide bonds. The second-order valence-electron chi connectivity index (χ2n) is 10.5. The third-order valence-electron chi connectivity index (χ3n) is 7.54. The van der Waals surface area contributed by atoms with E-state index in [-0.39, 0.29) is 5.91 Å². The molecule has 7 heteroatoms. The average Bonchev–Trinajstić information content (AvgIpc) is 2.96. The number of amides is 1. The predicted octanol–water partition coefficient (Wildman–Crippen LogP) is 4.69. The van der Waals surface area contributed by atoms with Gasteiger partial charge in [-0.25, -0.2) is 0 Å². The molecule has 0 atom stereocenters. The molecule has 2 heterocycles. The van der Waals surface area contributed by atoms with E-state index in [1.165, 1.54) is 22.4 Å². The highest BCUT2D eigenvalue weighted by atomic mass is 16.5. The van der Waals surface area contributed by atoms with Crippen molar-refractivity contribution in [3.05, 3.63) is 89.0 Å². The molecule has 2 aliphatic rings. The maximum Gasteiger partial charge on any atom is 0.241 e. The van der Waals surface area contributed by atoms with Crippen molar-refractivity contribution >= 4 is 17.3 Å². The van der Waals surface area contributed by atoms with Crippen LogP contribution in [0.4, 0.5) is 11.4 Å².